The number of pyridine rings is 1. The van der Waals surface area contributed by atoms with E-state index < -0.39 is 0 Å². The molecule has 19 heavy (non-hydrogen) atoms. The highest BCUT2D eigenvalue weighted by atomic mass is 16.3. The van der Waals surface area contributed by atoms with Crippen molar-refractivity contribution in [1.82, 2.24) is 10.3 Å². The molecular formula is C15H22N2O2. The van der Waals surface area contributed by atoms with E-state index in [-0.39, 0.29) is 12.5 Å². The van der Waals surface area contributed by atoms with E-state index in [1.165, 1.54) is 12.8 Å². The molecule has 1 saturated carbocycles. The predicted octanol–water partition coefficient (Wildman–Crippen LogP) is 1.54. The summed E-state index contributed by atoms with van der Waals surface area (Å²) in [4.78, 5) is 15.8. The number of aliphatic hydroxyl groups excluding tert-OH is 1. The summed E-state index contributed by atoms with van der Waals surface area (Å²) < 4.78 is 0. The van der Waals surface area contributed by atoms with E-state index in [9.17, 15) is 9.90 Å². The van der Waals surface area contributed by atoms with Gasteiger partial charge < -0.3 is 10.4 Å². The number of nitrogens with one attached hydrogen (secondary N) is 1. The zero-order chi connectivity index (χ0) is 13.5. The van der Waals surface area contributed by atoms with Crippen LogP contribution >= 0.6 is 0 Å². The van der Waals surface area contributed by atoms with Gasteiger partial charge in [-0.05, 0) is 36.3 Å². The molecule has 4 heteroatoms. The highest BCUT2D eigenvalue weighted by molar-refractivity contribution is 5.78. The van der Waals surface area contributed by atoms with Crippen LogP contribution in [0.4, 0.5) is 0 Å². The Balaban J connectivity index is 1.76. The smallest absolute Gasteiger partial charge is 0.224 e. The molecule has 1 aliphatic carbocycles. The highest BCUT2D eigenvalue weighted by Crippen LogP contribution is 2.29. The Morgan fingerprint density at radius 1 is 1.37 bits per heavy atom. The molecule has 0 bridgehead atoms. The minimum atomic E-state index is 0.0373. The molecular weight excluding hydrogens is 240 g/mol. The van der Waals surface area contributed by atoms with Crippen molar-refractivity contribution in [3.05, 3.63) is 30.1 Å². The lowest BCUT2D eigenvalue weighted by Gasteiger charge is -2.30. The van der Waals surface area contributed by atoms with Crippen LogP contribution in [-0.4, -0.2) is 29.1 Å². The van der Waals surface area contributed by atoms with Gasteiger partial charge in [0.25, 0.3) is 0 Å². The average molecular weight is 262 g/mol. The molecule has 1 heterocycles. The quantitative estimate of drug-likeness (QED) is 0.846. The van der Waals surface area contributed by atoms with Crippen molar-refractivity contribution in [3.63, 3.8) is 0 Å². The summed E-state index contributed by atoms with van der Waals surface area (Å²) >= 11 is 0. The van der Waals surface area contributed by atoms with Crippen molar-refractivity contribution in [1.29, 1.82) is 0 Å². The van der Waals surface area contributed by atoms with Gasteiger partial charge in [-0.25, -0.2) is 0 Å². The largest absolute Gasteiger partial charge is 0.396 e. The summed E-state index contributed by atoms with van der Waals surface area (Å²) in [6, 6.07) is 3.75. The van der Waals surface area contributed by atoms with Crippen LogP contribution in [-0.2, 0) is 11.2 Å². The monoisotopic (exact) mass is 262 g/mol. The fourth-order valence-electron chi connectivity index (χ4n) is 2.79. The maximum atomic E-state index is 11.8. The summed E-state index contributed by atoms with van der Waals surface area (Å²) in [5.74, 6) is 0.819. The number of carbonyl (C=O) groups excluding carboxylic acids is 1. The van der Waals surface area contributed by atoms with E-state index in [1.54, 1.807) is 12.4 Å². The summed E-state index contributed by atoms with van der Waals surface area (Å²) in [7, 11) is 0. The molecule has 0 aliphatic heterocycles. The fourth-order valence-corrected chi connectivity index (χ4v) is 2.79. The van der Waals surface area contributed by atoms with E-state index in [1.807, 2.05) is 12.1 Å². The van der Waals surface area contributed by atoms with Crippen molar-refractivity contribution in [3.8, 4) is 0 Å². The topological polar surface area (TPSA) is 62.2 Å². The SMILES string of the molecule is O=C(Cc1cccnc1)NCC1CCCCC1CO. The molecule has 1 aromatic rings. The van der Waals surface area contributed by atoms with Crippen molar-refractivity contribution >= 4 is 5.91 Å². The van der Waals surface area contributed by atoms with Crippen molar-refractivity contribution in [2.75, 3.05) is 13.2 Å². The molecule has 1 aliphatic rings. The van der Waals surface area contributed by atoms with Crippen molar-refractivity contribution < 1.29 is 9.90 Å². The number of aliphatic hydroxyl groups is 1. The number of hydrogen-bond donors (Lipinski definition) is 2. The molecule has 1 aromatic heterocycles. The number of hydrogen-bond acceptors (Lipinski definition) is 3. The van der Waals surface area contributed by atoms with E-state index in [4.69, 9.17) is 0 Å². The molecule has 2 N–H and O–H groups in total. The predicted molar refractivity (Wildman–Crippen MR) is 73.5 cm³/mol. The van der Waals surface area contributed by atoms with Crippen LogP contribution in [0.25, 0.3) is 0 Å². The number of aromatic nitrogens is 1. The van der Waals surface area contributed by atoms with Gasteiger partial charge >= 0.3 is 0 Å². The fraction of sp³-hybridized carbons (Fsp3) is 0.600. The Morgan fingerprint density at radius 2 is 2.16 bits per heavy atom. The Kier molecular flexibility index (Phi) is 5.33. The minimum Gasteiger partial charge on any atom is -0.396 e. The number of amides is 1. The van der Waals surface area contributed by atoms with Gasteiger partial charge in [0.05, 0.1) is 6.42 Å². The van der Waals surface area contributed by atoms with E-state index >= 15 is 0 Å². The van der Waals surface area contributed by atoms with E-state index in [0.717, 1.165) is 18.4 Å². The molecule has 0 spiro atoms. The van der Waals surface area contributed by atoms with Crippen molar-refractivity contribution in [2.24, 2.45) is 11.8 Å². The molecule has 0 saturated heterocycles. The first kappa shape index (κ1) is 14.0. The van der Waals surface area contributed by atoms with Crippen LogP contribution in [0.5, 0.6) is 0 Å². The molecule has 1 amide bonds. The van der Waals surface area contributed by atoms with Gasteiger partial charge in [-0.2, -0.15) is 0 Å². The Hall–Kier alpha value is -1.42. The molecule has 4 nitrogen and oxygen atoms in total. The van der Waals surface area contributed by atoms with E-state index in [0.29, 0.717) is 24.8 Å². The average Bonchev–Trinajstić information content (AvgIpc) is 2.46. The van der Waals surface area contributed by atoms with Crippen LogP contribution in [0.1, 0.15) is 31.2 Å². The highest BCUT2D eigenvalue weighted by Gasteiger charge is 2.24. The van der Waals surface area contributed by atoms with Gasteiger partial charge in [0.1, 0.15) is 0 Å². The second kappa shape index (κ2) is 7.24. The van der Waals surface area contributed by atoms with Crippen LogP contribution in [0.3, 0.4) is 0 Å². The van der Waals surface area contributed by atoms with Crippen LogP contribution in [0, 0.1) is 11.8 Å². The zero-order valence-electron chi connectivity index (χ0n) is 11.2. The second-order valence-corrected chi connectivity index (χ2v) is 5.33. The molecule has 2 atom stereocenters. The van der Waals surface area contributed by atoms with Crippen LogP contribution in [0.15, 0.2) is 24.5 Å². The maximum absolute atomic E-state index is 11.8. The Labute approximate surface area is 114 Å². The van der Waals surface area contributed by atoms with Crippen LogP contribution in [0.2, 0.25) is 0 Å². The third kappa shape index (κ3) is 4.31. The summed E-state index contributed by atoms with van der Waals surface area (Å²) in [6.45, 7) is 0.924. The normalized spacial score (nSPS) is 23.0. The van der Waals surface area contributed by atoms with Gasteiger partial charge in [-0.1, -0.05) is 18.9 Å². The van der Waals surface area contributed by atoms with E-state index in [2.05, 4.69) is 10.3 Å². The Morgan fingerprint density at radius 3 is 2.84 bits per heavy atom. The lowest BCUT2D eigenvalue weighted by atomic mass is 9.79. The first-order chi connectivity index (χ1) is 9.29. The Bertz CT molecular complexity index is 394. The maximum Gasteiger partial charge on any atom is 0.224 e. The zero-order valence-corrected chi connectivity index (χ0v) is 11.2. The number of carbonyl (C=O) groups is 1. The summed E-state index contributed by atoms with van der Waals surface area (Å²) in [5, 5.41) is 12.3. The molecule has 0 aromatic carbocycles. The third-order valence-corrected chi connectivity index (χ3v) is 3.95. The van der Waals surface area contributed by atoms with Gasteiger partial charge in [0, 0.05) is 25.5 Å². The third-order valence-electron chi connectivity index (χ3n) is 3.95. The second-order valence-electron chi connectivity index (χ2n) is 5.33. The van der Waals surface area contributed by atoms with Gasteiger partial charge in [-0.15, -0.1) is 0 Å². The molecule has 104 valence electrons. The summed E-state index contributed by atoms with van der Waals surface area (Å²) in [6.07, 6.45) is 8.40. The lowest BCUT2D eigenvalue weighted by Crippen LogP contribution is -2.36. The summed E-state index contributed by atoms with van der Waals surface area (Å²) in [5.41, 5.74) is 0.933. The molecule has 2 rings (SSSR count). The van der Waals surface area contributed by atoms with Gasteiger partial charge in [-0.3, -0.25) is 9.78 Å². The van der Waals surface area contributed by atoms with Crippen LogP contribution < -0.4 is 5.32 Å². The first-order valence-electron chi connectivity index (χ1n) is 7.06. The minimum absolute atomic E-state index is 0.0373. The lowest BCUT2D eigenvalue weighted by molar-refractivity contribution is -0.120. The standard InChI is InChI=1S/C15H22N2O2/c18-11-14-6-2-1-5-13(14)10-17-15(19)8-12-4-3-7-16-9-12/h3-4,7,9,13-14,18H,1-2,5-6,8,10-11H2,(H,17,19). The van der Waals surface area contributed by atoms with Crippen molar-refractivity contribution in [2.45, 2.75) is 32.1 Å². The number of rotatable bonds is 5. The number of nitrogens with zero attached hydrogens (tertiary/aromatic N) is 1. The van der Waals surface area contributed by atoms with Gasteiger partial charge in [0.2, 0.25) is 5.91 Å². The first-order valence-corrected chi connectivity index (χ1v) is 7.06. The van der Waals surface area contributed by atoms with Gasteiger partial charge in [0.15, 0.2) is 0 Å². The molecule has 2 unspecified atom stereocenters. The molecule has 0 radical (unpaired) electrons. The molecule has 1 fully saturated rings.